The van der Waals surface area contributed by atoms with Gasteiger partial charge in [0.25, 0.3) is 0 Å². The number of hydrogen-bond donors (Lipinski definition) is 2. The Morgan fingerprint density at radius 1 is 1.33 bits per heavy atom. The third-order valence-corrected chi connectivity index (χ3v) is 2.62. The molecule has 0 aliphatic rings. The van der Waals surface area contributed by atoms with Crippen molar-refractivity contribution in [1.29, 1.82) is 0 Å². The van der Waals surface area contributed by atoms with Crippen LogP contribution in [0.2, 0.25) is 5.02 Å². The second-order valence-corrected chi connectivity index (χ2v) is 4.28. The molecule has 2 aromatic rings. The minimum absolute atomic E-state index is 0.118. The molecule has 0 radical (unpaired) electrons. The topological polar surface area (TPSA) is 72.9 Å². The van der Waals surface area contributed by atoms with Crippen LogP contribution in [0.3, 0.4) is 0 Å². The van der Waals surface area contributed by atoms with Crippen molar-refractivity contribution in [2.75, 3.05) is 5.73 Å². The van der Waals surface area contributed by atoms with E-state index in [-0.39, 0.29) is 12.5 Å². The number of rotatable bonds is 4. The predicted octanol–water partition coefficient (Wildman–Crippen LogP) is 1.44. The van der Waals surface area contributed by atoms with E-state index in [0.717, 1.165) is 5.56 Å². The van der Waals surface area contributed by atoms with Gasteiger partial charge in [-0.05, 0) is 23.8 Å². The first kappa shape index (κ1) is 12.4. The fourth-order valence-electron chi connectivity index (χ4n) is 1.47. The van der Waals surface area contributed by atoms with E-state index in [0.29, 0.717) is 17.4 Å². The highest BCUT2D eigenvalue weighted by molar-refractivity contribution is 6.30. The molecule has 0 atom stereocenters. The Morgan fingerprint density at radius 2 is 2.06 bits per heavy atom. The van der Waals surface area contributed by atoms with Crippen molar-refractivity contribution >= 4 is 23.3 Å². The van der Waals surface area contributed by atoms with Gasteiger partial charge in [0.05, 0.1) is 0 Å². The van der Waals surface area contributed by atoms with Gasteiger partial charge in [-0.2, -0.15) is 5.10 Å². The van der Waals surface area contributed by atoms with Crippen LogP contribution in [-0.4, -0.2) is 15.7 Å². The van der Waals surface area contributed by atoms with Crippen molar-refractivity contribution < 1.29 is 4.79 Å². The summed E-state index contributed by atoms with van der Waals surface area (Å²) in [6, 6.07) is 8.96. The molecule has 0 fully saturated rings. The summed E-state index contributed by atoms with van der Waals surface area (Å²) in [5.74, 6) is 0.286. The van der Waals surface area contributed by atoms with Crippen LogP contribution in [0.25, 0.3) is 0 Å². The first-order chi connectivity index (χ1) is 8.63. The highest BCUT2D eigenvalue weighted by Gasteiger charge is 2.03. The van der Waals surface area contributed by atoms with Crippen molar-refractivity contribution in [2.24, 2.45) is 0 Å². The molecule has 0 aliphatic heterocycles. The summed E-state index contributed by atoms with van der Waals surface area (Å²) >= 11 is 5.77. The van der Waals surface area contributed by atoms with E-state index >= 15 is 0 Å². The highest BCUT2D eigenvalue weighted by Crippen LogP contribution is 2.09. The van der Waals surface area contributed by atoms with Crippen LogP contribution in [0.4, 0.5) is 5.82 Å². The molecule has 1 aromatic heterocycles. The summed E-state index contributed by atoms with van der Waals surface area (Å²) in [7, 11) is 0. The summed E-state index contributed by atoms with van der Waals surface area (Å²) in [5.41, 5.74) is 6.45. The number of hydrogen-bond acceptors (Lipinski definition) is 3. The summed E-state index contributed by atoms with van der Waals surface area (Å²) < 4.78 is 1.49. The average molecular weight is 265 g/mol. The summed E-state index contributed by atoms with van der Waals surface area (Å²) in [6.07, 6.45) is 1.66. The lowest BCUT2D eigenvalue weighted by atomic mass is 10.2. The van der Waals surface area contributed by atoms with Crippen LogP contribution in [0.15, 0.2) is 36.5 Å². The van der Waals surface area contributed by atoms with Crippen LogP contribution in [0.5, 0.6) is 0 Å². The van der Waals surface area contributed by atoms with Crippen molar-refractivity contribution in [2.45, 2.75) is 13.1 Å². The molecule has 1 aromatic carbocycles. The van der Waals surface area contributed by atoms with E-state index in [2.05, 4.69) is 10.4 Å². The third kappa shape index (κ3) is 3.49. The molecular weight excluding hydrogens is 252 g/mol. The zero-order valence-electron chi connectivity index (χ0n) is 9.64. The van der Waals surface area contributed by atoms with Gasteiger partial charge in [0.15, 0.2) is 0 Å². The minimum atomic E-state index is -0.118. The Bertz CT molecular complexity index is 535. The fraction of sp³-hybridized carbons (Fsp3) is 0.167. The molecule has 94 valence electrons. The minimum Gasteiger partial charge on any atom is -0.382 e. The van der Waals surface area contributed by atoms with Crippen molar-refractivity contribution in [3.63, 3.8) is 0 Å². The van der Waals surface area contributed by atoms with Crippen LogP contribution in [-0.2, 0) is 17.9 Å². The van der Waals surface area contributed by atoms with Crippen LogP contribution < -0.4 is 11.1 Å². The van der Waals surface area contributed by atoms with Gasteiger partial charge in [0, 0.05) is 17.8 Å². The Labute approximate surface area is 110 Å². The molecule has 0 spiro atoms. The standard InChI is InChI=1S/C12H13ClN4O/c13-10-3-1-9(2-4-10)7-15-12(18)8-17-6-5-11(14)16-17/h1-6H,7-8H2,(H2,14,16)(H,15,18). The molecule has 0 saturated heterocycles. The molecule has 18 heavy (non-hydrogen) atoms. The lowest BCUT2D eigenvalue weighted by Gasteiger charge is -2.05. The number of nitrogen functional groups attached to an aromatic ring is 1. The number of amides is 1. The number of carbonyl (C=O) groups is 1. The molecule has 2 rings (SSSR count). The summed E-state index contributed by atoms with van der Waals surface area (Å²) in [6.45, 7) is 0.623. The predicted molar refractivity (Wildman–Crippen MR) is 69.9 cm³/mol. The summed E-state index contributed by atoms with van der Waals surface area (Å²) in [4.78, 5) is 11.6. The smallest absolute Gasteiger partial charge is 0.241 e. The van der Waals surface area contributed by atoms with Crippen molar-refractivity contribution in [1.82, 2.24) is 15.1 Å². The van der Waals surface area contributed by atoms with Gasteiger partial charge in [0.1, 0.15) is 12.4 Å². The van der Waals surface area contributed by atoms with Gasteiger partial charge in [-0.15, -0.1) is 0 Å². The zero-order valence-corrected chi connectivity index (χ0v) is 10.4. The normalized spacial score (nSPS) is 10.3. The van der Waals surface area contributed by atoms with E-state index in [1.807, 2.05) is 12.1 Å². The van der Waals surface area contributed by atoms with E-state index < -0.39 is 0 Å². The lowest BCUT2D eigenvalue weighted by Crippen LogP contribution is -2.27. The maximum absolute atomic E-state index is 11.6. The molecule has 3 N–H and O–H groups in total. The van der Waals surface area contributed by atoms with Crippen molar-refractivity contribution in [3.05, 3.63) is 47.1 Å². The molecule has 0 unspecified atom stereocenters. The zero-order chi connectivity index (χ0) is 13.0. The van der Waals surface area contributed by atoms with E-state index in [4.69, 9.17) is 17.3 Å². The third-order valence-electron chi connectivity index (χ3n) is 2.37. The van der Waals surface area contributed by atoms with E-state index in [9.17, 15) is 4.79 Å². The quantitative estimate of drug-likeness (QED) is 0.878. The van der Waals surface area contributed by atoms with Crippen molar-refractivity contribution in [3.8, 4) is 0 Å². The van der Waals surface area contributed by atoms with Gasteiger partial charge >= 0.3 is 0 Å². The molecule has 0 saturated carbocycles. The molecule has 1 heterocycles. The lowest BCUT2D eigenvalue weighted by molar-refractivity contribution is -0.122. The van der Waals surface area contributed by atoms with Gasteiger partial charge in [-0.1, -0.05) is 23.7 Å². The SMILES string of the molecule is Nc1ccn(CC(=O)NCc2ccc(Cl)cc2)n1. The molecule has 5 nitrogen and oxygen atoms in total. The average Bonchev–Trinajstić information content (AvgIpc) is 2.74. The maximum Gasteiger partial charge on any atom is 0.241 e. The fourth-order valence-corrected chi connectivity index (χ4v) is 1.60. The number of halogens is 1. The number of nitrogens with one attached hydrogen (secondary N) is 1. The molecular formula is C12H13ClN4O. The molecule has 6 heteroatoms. The molecule has 1 amide bonds. The van der Waals surface area contributed by atoms with Gasteiger partial charge in [0.2, 0.25) is 5.91 Å². The van der Waals surface area contributed by atoms with Gasteiger partial charge < -0.3 is 11.1 Å². The van der Waals surface area contributed by atoms with Crippen LogP contribution >= 0.6 is 11.6 Å². The maximum atomic E-state index is 11.6. The van der Waals surface area contributed by atoms with Gasteiger partial charge in [-0.25, -0.2) is 0 Å². The van der Waals surface area contributed by atoms with Gasteiger partial charge in [-0.3, -0.25) is 9.48 Å². The number of nitrogens with two attached hydrogens (primary N) is 1. The Balaban J connectivity index is 1.83. The largest absolute Gasteiger partial charge is 0.382 e. The first-order valence-electron chi connectivity index (χ1n) is 5.43. The number of benzene rings is 1. The second-order valence-electron chi connectivity index (χ2n) is 3.84. The summed E-state index contributed by atoms with van der Waals surface area (Å²) in [5, 5.41) is 7.40. The molecule has 0 bridgehead atoms. The van der Waals surface area contributed by atoms with Crippen LogP contribution in [0.1, 0.15) is 5.56 Å². The highest BCUT2D eigenvalue weighted by atomic mass is 35.5. The Morgan fingerprint density at radius 3 is 2.67 bits per heavy atom. The number of carbonyl (C=O) groups excluding carboxylic acids is 1. The second kappa shape index (κ2) is 5.55. The van der Waals surface area contributed by atoms with E-state index in [1.54, 1.807) is 24.4 Å². The van der Waals surface area contributed by atoms with Crippen LogP contribution in [0, 0.1) is 0 Å². The number of aromatic nitrogens is 2. The van der Waals surface area contributed by atoms with E-state index in [1.165, 1.54) is 4.68 Å². The Kier molecular flexibility index (Phi) is 3.84. The monoisotopic (exact) mass is 264 g/mol. The Hall–Kier alpha value is -2.01. The number of nitrogens with zero attached hydrogens (tertiary/aromatic N) is 2. The molecule has 0 aliphatic carbocycles. The first-order valence-corrected chi connectivity index (χ1v) is 5.81. The number of anilines is 1.